The highest BCUT2D eigenvalue weighted by molar-refractivity contribution is 5.35. The summed E-state index contributed by atoms with van der Waals surface area (Å²) in [6.07, 6.45) is 0.990. The number of hydrogen-bond acceptors (Lipinski definition) is 3. The Hall–Kier alpha value is -1.49. The number of rotatable bonds is 5. The Morgan fingerprint density at radius 1 is 1.33 bits per heavy atom. The molecule has 5 heteroatoms. The van der Waals surface area contributed by atoms with E-state index in [4.69, 9.17) is 0 Å². The van der Waals surface area contributed by atoms with Gasteiger partial charge in [-0.25, -0.2) is 4.39 Å². The Morgan fingerprint density at radius 3 is 2.56 bits per heavy atom. The van der Waals surface area contributed by atoms with Crippen LogP contribution in [-0.2, 0) is 6.54 Å². The van der Waals surface area contributed by atoms with Gasteiger partial charge in [0.05, 0.1) is 11.0 Å². The second-order valence-corrected chi connectivity index (χ2v) is 5.56. The lowest BCUT2D eigenvalue weighted by Crippen LogP contribution is -2.20. The van der Waals surface area contributed by atoms with Gasteiger partial charge in [-0.3, -0.25) is 10.1 Å². The van der Waals surface area contributed by atoms with E-state index in [-0.39, 0.29) is 11.1 Å². The molecule has 0 atom stereocenters. The number of benzene rings is 1. The fourth-order valence-electron chi connectivity index (χ4n) is 1.54. The number of hydrogen-bond donors (Lipinski definition) is 1. The zero-order chi connectivity index (χ0) is 13.8. The van der Waals surface area contributed by atoms with E-state index in [1.165, 1.54) is 12.1 Å². The highest BCUT2D eigenvalue weighted by atomic mass is 19.1. The summed E-state index contributed by atoms with van der Waals surface area (Å²) in [6.45, 7) is 7.66. The smallest absolute Gasteiger partial charge is 0.272 e. The van der Waals surface area contributed by atoms with E-state index < -0.39 is 10.7 Å². The van der Waals surface area contributed by atoms with Gasteiger partial charge in [0, 0.05) is 12.6 Å². The third-order valence-electron chi connectivity index (χ3n) is 2.53. The van der Waals surface area contributed by atoms with E-state index in [0.717, 1.165) is 19.0 Å². The van der Waals surface area contributed by atoms with Crippen LogP contribution in [-0.4, -0.2) is 11.5 Å². The van der Waals surface area contributed by atoms with Gasteiger partial charge in [-0.05, 0) is 30.0 Å². The molecule has 1 aromatic carbocycles. The number of nitro benzene ring substituents is 1. The molecule has 0 fully saturated rings. The lowest BCUT2D eigenvalue weighted by atomic mass is 9.92. The van der Waals surface area contributed by atoms with E-state index in [9.17, 15) is 14.5 Å². The molecule has 0 saturated carbocycles. The fraction of sp³-hybridized carbons (Fsp3) is 0.538. The first-order valence-electron chi connectivity index (χ1n) is 5.92. The van der Waals surface area contributed by atoms with Crippen molar-refractivity contribution in [1.29, 1.82) is 0 Å². The molecule has 1 rings (SSSR count). The van der Waals surface area contributed by atoms with Gasteiger partial charge in [0.2, 0.25) is 0 Å². The predicted molar refractivity (Wildman–Crippen MR) is 68.8 cm³/mol. The lowest BCUT2D eigenvalue weighted by Gasteiger charge is -2.18. The largest absolute Gasteiger partial charge is 0.313 e. The second kappa shape index (κ2) is 5.91. The normalized spacial score (nSPS) is 11.6. The average molecular weight is 254 g/mol. The van der Waals surface area contributed by atoms with Gasteiger partial charge in [-0.1, -0.05) is 20.8 Å². The molecule has 18 heavy (non-hydrogen) atoms. The summed E-state index contributed by atoms with van der Waals surface area (Å²) in [5.74, 6) is -0.572. The molecule has 1 N–H and O–H groups in total. The highest BCUT2D eigenvalue weighted by Crippen LogP contribution is 2.18. The van der Waals surface area contributed by atoms with E-state index in [1.807, 2.05) is 0 Å². The van der Waals surface area contributed by atoms with Gasteiger partial charge in [-0.2, -0.15) is 0 Å². The van der Waals surface area contributed by atoms with Crippen LogP contribution in [0.4, 0.5) is 10.1 Å². The standard InChI is InChI=1S/C13H19FN2O2/c1-13(2,3)4-5-15-9-10-6-11(14)8-12(7-10)16(17)18/h6-8,15H,4-5,9H2,1-3H3. The number of nitrogens with one attached hydrogen (secondary N) is 1. The first-order valence-corrected chi connectivity index (χ1v) is 5.92. The Morgan fingerprint density at radius 2 is 2.00 bits per heavy atom. The van der Waals surface area contributed by atoms with Crippen LogP contribution in [0.15, 0.2) is 18.2 Å². The Bertz CT molecular complexity index is 427. The topological polar surface area (TPSA) is 55.2 Å². The third kappa shape index (κ3) is 5.23. The van der Waals surface area contributed by atoms with Crippen molar-refractivity contribution in [2.24, 2.45) is 5.41 Å². The quantitative estimate of drug-likeness (QED) is 0.498. The van der Waals surface area contributed by atoms with E-state index >= 15 is 0 Å². The van der Waals surface area contributed by atoms with Gasteiger partial charge >= 0.3 is 0 Å². The molecule has 0 aliphatic rings. The molecule has 0 saturated heterocycles. The van der Waals surface area contributed by atoms with Crippen LogP contribution in [0.25, 0.3) is 0 Å². The SMILES string of the molecule is CC(C)(C)CCNCc1cc(F)cc([N+](=O)[O-])c1. The molecule has 0 aliphatic carbocycles. The van der Waals surface area contributed by atoms with Crippen molar-refractivity contribution in [3.63, 3.8) is 0 Å². The summed E-state index contributed by atoms with van der Waals surface area (Å²) in [6, 6.07) is 3.64. The minimum atomic E-state index is -0.582. The van der Waals surface area contributed by atoms with E-state index in [2.05, 4.69) is 26.1 Å². The molecular weight excluding hydrogens is 235 g/mol. The fourth-order valence-corrected chi connectivity index (χ4v) is 1.54. The van der Waals surface area contributed by atoms with Crippen molar-refractivity contribution in [3.05, 3.63) is 39.7 Å². The molecule has 0 aliphatic heterocycles. The van der Waals surface area contributed by atoms with Gasteiger partial charge in [-0.15, -0.1) is 0 Å². The minimum absolute atomic E-state index is 0.206. The maximum atomic E-state index is 13.2. The first kappa shape index (κ1) is 14.6. The molecular formula is C13H19FN2O2. The van der Waals surface area contributed by atoms with Gasteiger partial charge in [0.15, 0.2) is 0 Å². The Balaban J connectivity index is 2.55. The molecule has 0 heterocycles. The summed E-state index contributed by atoms with van der Waals surface area (Å²) in [5, 5.41) is 13.7. The van der Waals surface area contributed by atoms with Crippen LogP contribution in [0.5, 0.6) is 0 Å². The predicted octanol–water partition coefficient (Wildman–Crippen LogP) is 3.26. The average Bonchev–Trinajstić information content (AvgIpc) is 2.22. The molecule has 0 radical (unpaired) electrons. The van der Waals surface area contributed by atoms with Crippen molar-refractivity contribution < 1.29 is 9.31 Å². The minimum Gasteiger partial charge on any atom is -0.313 e. The third-order valence-corrected chi connectivity index (χ3v) is 2.53. The first-order chi connectivity index (χ1) is 8.28. The highest BCUT2D eigenvalue weighted by Gasteiger charge is 2.11. The van der Waals surface area contributed by atoms with Crippen molar-refractivity contribution in [2.75, 3.05) is 6.54 Å². The Kier molecular flexibility index (Phi) is 4.78. The maximum Gasteiger partial charge on any atom is 0.272 e. The molecule has 0 amide bonds. The maximum absolute atomic E-state index is 13.2. The molecule has 0 aromatic heterocycles. The van der Waals surface area contributed by atoms with E-state index in [1.54, 1.807) is 0 Å². The lowest BCUT2D eigenvalue weighted by molar-refractivity contribution is -0.385. The zero-order valence-corrected chi connectivity index (χ0v) is 11.0. The summed E-state index contributed by atoms with van der Waals surface area (Å²) >= 11 is 0. The molecule has 0 bridgehead atoms. The molecule has 0 unspecified atom stereocenters. The van der Waals surface area contributed by atoms with Gasteiger partial charge < -0.3 is 5.32 Å². The van der Waals surface area contributed by atoms with Crippen molar-refractivity contribution in [2.45, 2.75) is 33.7 Å². The van der Waals surface area contributed by atoms with Crippen LogP contribution in [0.1, 0.15) is 32.8 Å². The summed E-state index contributed by atoms with van der Waals surface area (Å²) in [7, 11) is 0. The molecule has 0 spiro atoms. The second-order valence-electron chi connectivity index (χ2n) is 5.56. The molecule has 100 valence electrons. The number of halogens is 1. The molecule has 1 aromatic rings. The van der Waals surface area contributed by atoms with E-state index in [0.29, 0.717) is 12.1 Å². The molecule has 4 nitrogen and oxygen atoms in total. The summed E-state index contributed by atoms with van der Waals surface area (Å²) < 4.78 is 13.2. The van der Waals surface area contributed by atoms with Crippen molar-refractivity contribution in [1.82, 2.24) is 5.32 Å². The van der Waals surface area contributed by atoms with Crippen molar-refractivity contribution >= 4 is 5.69 Å². The van der Waals surface area contributed by atoms with Gasteiger partial charge in [0.1, 0.15) is 5.82 Å². The van der Waals surface area contributed by atoms with Crippen LogP contribution in [0, 0.1) is 21.3 Å². The monoisotopic (exact) mass is 254 g/mol. The summed E-state index contributed by atoms with van der Waals surface area (Å²) in [5.41, 5.74) is 0.624. The van der Waals surface area contributed by atoms with Crippen LogP contribution < -0.4 is 5.32 Å². The zero-order valence-electron chi connectivity index (χ0n) is 11.0. The van der Waals surface area contributed by atoms with Crippen molar-refractivity contribution in [3.8, 4) is 0 Å². The van der Waals surface area contributed by atoms with Crippen LogP contribution in [0.3, 0.4) is 0 Å². The number of non-ortho nitro benzene ring substituents is 1. The Labute approximate surface area is 106 Å². The summed E-state index contributed by atoms with van der Waals surface area (Å²) in [4.78, 5) is 10.0. The number of nitro groups is 1. The number of nitrogens with zero attached hydrogens (tertiary/aromatic N) is 1. The van der Waals surface area contributed by atoms with Crippen LogP contribution in [0.2, 0.25) is 0 Å². The van der Waals surface area contributed by atoms with Gasteiger partial charge in [0.25, 0.3) is 5.69 Å². The van der Waals surface area contributed by atoms with Crippen LogP contribution >= 0.6 is 0 Å².